The maximum absolute atomic E-state index is 13.1. The normalized spacial score (nSPS) is 23.6. The fraction of sp³-hybridized carbons (Fsp3) is 0.550. The molecule has 2 atom stereocenters. The Morgan fingerprint density at radius 3 is 2.07 bits per heavy atom. The van der Waals surface area contributed by atoms with E-state index in [1.807, 2.05) is 6.92 Å². The van der Waals surface area contributed by atoms with Gasteiger partial charge in [0.05, 0.1) is 17.2 Å². The highest BCUT2D eigenvalue weighted by atomic mass is 19.4. The third kappa shape index (κ3) is 4.53. The molecule has 1 fully saturated rings. The number of cyclic esters (lactones) is 1. The summed E-state index contributed by atoms with van der Waals surface area (Å²) in [5.41, 5.74) is -0.923. The number of hydrogen-bond donors (Lipinski definition) is 0. The predicted molar refractivity (Wildman–Crippen MR) is 93.0 cm³/mol. The predicted octanol–water partition coefficient (Wildman–Crippen LogP) is 6.50. The van der Waals surface area contributed by atoms with Gasteiger partial charge in [0.25, 0.3) is 0 Å². The first kappa shape index (κ1) is 21.5. The zero-order valence-corrected chi connectivity index (χ0v) is 16.0. The molecule has 0 bridgehead atoms. The standard InChI is InChI=1S/C20H21F6NO2/c1-11-5-3-4-6-13(11)10-27-12(2)17(29-18(27)28)14-7-15(19(21,22)23)9-16(8-14)20(24,25)26/h7-9,12,17H,3-6,10H2,1-2H3/t12-,17-/m0/s1. The molecule has 1 heterocycles. The number of carbonyl (C=O) groups is 1. The Labute approximate surface area is 164 Å². The van der Waals surface area contributed by atoms with Crippen molar-refractivity contribution in [2.75, 3.05) is 6.54 Å². The molecular weight excluding hydrogens is 400 g/mol. The second kappa shape index (κ2) is 7.57. The number of alkyl halides is 6. The Kier molecular flexibility index (Phi) is 5.62. The van der Waals surface area contributed by atoms with E-state index in [9.17, 15) is 31.1 Å². The highest BCUT2D eigenvalue weighted by Gasteiger charge is 2.43. The molecule has 1 aliphatic carbocycles. The summed E-state index contributed by atoms with van der Waals surface area (Å²) >= 11 is 0. The lowest BCUT2D eigenvalue weighted by Crippen LogP contribution is -2.34. The molecule has 1 aromatic rings. The van der Waals surface area contributed by atoms with Crippen molar-refractivity contribution in [3.05, 3.63) is 46.0 Å². The summed E-state index contributed by atoms with van der Waals surface area (Å²) in [6.07, 6.45) is -8.09. The lowest BCUT2D eigenvalue weighted by atomic mass is 9.92. The minimum Gasteiger partial charge on any atom is -0.439 e. The topological polar surface area (TPSA) is 29.5 Å². The molecule has 9 heteroatoms. The van der Waals surface area contributed by atoms with E-state index in [2.05, 4.69) is 0 Å². The van der Waals surface area contributed by atoms with E-state index in [1.54, 1.807) is 6.92 Å². The Balaban J connectivity index is 1.93. The number of nitrogens with zero attached hydrogens (tertiary/aromatic N) is 1. The van der Waals surface area contributed by atoms with Crippen LogP contribution in [0.15, 0.2) is 29.3 Å². The maximum atomic E-state index is 13.1. The van der Waals surface area contributed by atoms with Gasteiger partial charge >= 0.3 is 18.4 Å². The van der Waals surface area contributed by atoms with E-state index in [-0.39, 0.29) is 18.2 Å². The van der Waals surface area contributed by atoms with Crippen molar-refractivity contribution in [3.8, 4) is 0 Å². The van der Waals surface area contributed by atoms with E-state index in [0.29, 0.717) is 12.1 Å². The first-order valence-corrected chi connectivity index (χ1v) is 9.32. The fourth-order valence-electron chi connectivity index (χ4n) is 3.84. The van der Waals surface area contributed by atoms with Crippen LogP contribution in [0.25, 0.3) is 0 Å². The Bertz CT molecular complexity index is 795. The lowest BCUT2D eigenvalue weighted by molar-refractivity contribution is -0.143. The number of halogens is 6. The summed E-state index contributed by atoms with van der Waals surface area (Å²) in [6.45, 7) is 3.82. The Hall–Kier alpha value is -2.19. The molecule has 1 aliphatic heterocycles. The maximum Gasteiger partial charge on any atom is 0.416 e. The van der Waals surface area contributed by atoms with E-state index in [0.717, 1.165) is 36.8 Å². The van der Waals surface area contributed by atoms with Crippen LogP contribution >= 0.6 is 0 Å². The summed E-state index contributed by atoms with van der Waals surface area (Å²) < 4.78 is 84.0. The molecule has 1 saturated heterocycles. The third-order valence-electron chi connectivity index (χ3n) is 5.58. The molecule has 160 valence electrons. The van der Waals surface area contributed by atoms with Crippen LogP contribution < -0.4 is 0 Å². The summed E-state index contributed by atoms with van der Waals surface area (Å²) in [7, 11) is 0. The zero-order valence-electron chi connectivity index (χ0n) is 16.0. The van der Waals surface area contributed by atoms with Crippen LogP contribution in [0.5, 0.6) is 0 Å². The van der Waals surface area contributed by atoms with E-state index in [4.69, 9.17) is 4.74 Å². The van der Waals surface area contributed by atoms with Gasteiger partial charge in [-0.3, -0.25) is 4.90 Å². The van der Waals surface area contributed by atoms with Gasteiger partial charge < -0.3 is 4.74 Å². The summed E-state index contributed by atoms with van der Waals surface area (Å²) in [5, 5.41) is 0. The van der Waals surface area contributed by atoms with Gasteiger partial charge in [-0.15, -0.1) is 0 Å². The quantitative estimate of drug-likeness (QED) is 0.412. The average Bonchev–Trinajstić information content (AvgIpc) is 2.90. The van der Waals surface area contributed by atoms with Gasteiger partial charge in [0.15, 0.2) is 0 Å². The molecule has 2 aliphatic rings. The number of hydrogen-bond acceptors (Lipinski definition) is 2. The zero-order chi connectivity index (χ0) is 21.6. The van der Waals surface area contributed by atoms with Crippen LogP contribution in [-0.2, 0) is 17.1 Å². The third-order valence-corrected chi connectivity index (χ3v) is 5.58. The number of amides is 1. The van der Waals surface area contributed by atoms with E-state index < -0.39 is 41.7 Å². The van der Waals surface area contributed by atoms with Gasteiger partial charge in [-0.1, -0.05) is 11.1 Å². The van der Waals surface area contributed by atoms with Crippen LogP contribution in [0, 0.1) is 0 Å². The highest BCUT2D eigenvalue weighted by molar-refractivity contribution is 5.71. The SMILES string of the molecule is CC1=C(CN2C(=O)O[C@H](c3cc(C(F)(F)F)cc(C(F)(F)F)c3)[C@@H]2C)CCCC1. The van der Waals surface area contributed by atoms with Crippen LogP contribution in [0.2, 0.25) is 0 Å². The van der Waals surface area contributed by atoms with Crippen molar-refractivity contribution in [2.24, 2.45) is 0 Å². The summed E-state index contributed by atoms with van der Waals surface area (Å²) in [4.78, 5) is 13.7. The Morgan fingerprint density at radius 2 is 1.55 bits per heavy atom. The first-order chi connectivity index (χ1) is 13.4. The van der Waals surface area contributed by atoms with Gasteiger partial charge in [-0.2, -0.15) is 26.3 Å². The molecular formula is C20H21F6NO2. The molecule has 1 aromatic carbocycles. The highest BCUT2D eigenvalue weighted by Crippen LogP contribution is 2.41. The number of allylic oxidation sites excluding steroid dienone is 1. The smallest absolute Gasteiger partial charge is 0.416 e. The molecule has 3 nitrogen and oxygen atoms in total. The number of ether oxygens (including phenoxy) is 1. The molecule has 0 radical (unpaired) electrons. The van der Waals surface area contributed by atoms with Crippen LogP contribution in [-0.4, -0.2) is 23.6 Å². The van der Waals surface area contributed by atoms with Crippen molar-refractivity contribution >= 4 is 6.09 Å². The van der Waals surface area contributed by atoms with Gasteiger partial charge in [-0.25, -0.2) is 4.79 Å². The van der Waals surface area contributed by atoms with Gasteiger partial charge in [-0.05, 0) is 63.3 Å². The Morgan fingerprint density at radius 1 is 1.00 bits per heavy atom. The van der Waals surface area contributed by atoms with Gasteiger partial charge in [0.1, 0.15) is 6.10 Å². The average molecular weight is 421 g/mol. The minimum atomic E-state index is -4.95. The summed E-state index contributed by atoms with van der Waals surface area (Å²) in [5.74, 6) is 0. The fourth-order valence-corrected chi connectivity index (χ4v) is 3.84. The second-order valence-corrected chi connectivity index (χ2v) is 7.60. The van der Waals surface area contributed by atoms with Gasteiger partial charge in [0.2, 0.25) is 0 Å². The lowest BCUT2D eigenvalue weighted by Gasteiger charge is -2.26. The first-order valence-electron chi connectivity index (χ1n) is 9.32. The molecule has 29 heavy (non-hydrogen) atoms. The molecule has 0 saturated carbocycles. The second-order valence-electron chi connectivity index (χ2n) is 7.60. The number of carbonyl (C=O) groups excluding carboxylic acids is 1. The largest absolute Gasteiger partial charge is 0.439 e. The van der Waals surface area contributed by atoms with Crippen molar-refractivity contribution in [1.82, 2.24) is 4.90 Å². The molecule has 3 rings (SSSR count). The minimum absolute atomic E-state index is 0.0684. The molecule has 0 aromatic heterocycles. The van der Waals surface area contributed by atoms with Crippen molar-refractivity contribution in [1.29, 1.82) is 0 Å². The van der Waals surface area contributed by atoms with Crippen molar-refractivity contribution in [2.45, 2.75) is 64.0 Å². The van der Waals surface area contributed by atoms with Gasteiger partial charge in [0, 0.05) is 6.54 Å². The number of benzene rings is 1. The van der Waals surface area contributed by atoms with Crippen molar-refractivity contribution < 1.29 is 35.9 Å². The molecule has 0 spiro atoms. The molecule has 0 N–H and O–H groups in total. The van der Waals surface area contributed by atoms with Crippen LogP contribution in [0.1, 0.15) is 62.3 Å². The van der Waals surface area contributed by atoms with Crippen LogP contribution in [0.3, 0.4) is 0 Å². The summed E-state index contributed by atoms with van der Waals surface area (Å²) in [6, 6.07) is 0.615. The molecule has 0 unspecified atom stereocenters. The number of rotatable bonds is 3. The molecule has 1 amide bonds. The van der Waals surface area contributed by atoms with E-state index >= 15 is 0 Å². The monoisotopic (exact) mass is 421 g/mol. The van der Waals surface area contributed by atoms with E-state index in [1.165, 1.54) is 4.90 Å². The van der Waals surface area contributed by atoms with Crippen molar-refractivity contribution in [3.63, 3.8) is 0 Å². The van der Waals surface area contributed by atoms with Crippen LogP contribution in [0.4, 0.5) is 31.1 Å².